The number of hydrogen-bond donors (Lipinski definition) is 1. The van der Waals surface area contributed by atoms with Crippen LogP contribution in [-0.2, 0) is 0 Å². The van der Waals surface area contributed by atoms with Gasteiger partial charge >= 0.3 is 0 Å². The summed E-state index contributed by atoms with van der Waals surface area (Å²) in [6.45, 7) is 0. The largest absolute Gasteiger partial charge is 0.354 e. The van der Waals surface area contributed by atoms with E-state index >= 15 is 0 Å². The van der Waals surface area contributed by atoms with Crippen molar-refractivity contribution >= 4 is 6.21 Å². The van der Waals surface area contributed by atoms with Gasteiger partial charge in [-0.05, 0) is 18.1 Å². The third-order valence-corrected chi connectivity index (χ3v) is 1.70. The van der Waals surface area contributed by atoms with E-state index in [-0.39, 0.29) is 0 Å². The maximum atomic E-state index is 5.30. The molecule has 1 atom stereocenters. The Morgan fingerprint density at radius 3 is 3.30 bits per heavy atom. The van der Waals surface area contributed by atoms with Gasteiger partial charge in [0.25, 0.3) is 0 Å². The van der Waals surface area contributed by atoms with Crippen molar-refractivity contribution in [1.29, 1.82) is 0 Å². The summed E-state index contributed by atoms with van der Waals surface area (Å²) in [6.07, 6.45) is 12.7. The molecule has 2 nitrogen and oxygen atoms in total. The summed E-state index contributed by atoms with van der Waals surface area (Å²) in [7, 11) is 0. The van der Waals surface area contributed by atoms with Crippen molar-refractivity contribution in [2.45, 2.75) is 5.66 Å². The summed E-state index contributed by atoms with van der Waals surface area (Å²) in [6, 6.07) is 0. The first kappa shape index (κ1) is 5.31. The van der Waals surface area contributed by atoms with E-state index in [1.807, 2.05) is 18.4 Å². The Balaban J connectivity index is 2.52. The fraction of sp³-hybridized carbons (Fsp3) is 0.125. The highest BCUT2D eigenvalue weighted by Crippen LogP contribution is 2.26. The van der Waals surface area contributed by atoms with Crippen molar-refractivity contribution < 1.29 is 0 Å². The molecule has 48 valence electrons. The molecule has 0 aliphatic carbocycles. The second kappa shape index (κ2) is 1.51. The maximum absolute atomic E-state index is 5.30. The van der Waals surface area contributed by atoms with Gasteiger partial charge in [0.05, 0.1) is 0 Å². The van der Waals surface area contributed by atoms with Gasteiger partial charge in [-0.25, -0.2) is 4.99 Å². The third kappa shape index (κ3) is 0.427. The maximum Gasteiger partial charge on any atom is 0.218 e. The number of nitrogens with zero attached hydrogens (tertiary/aromatic N) is 1. The van der Waals surface area contributed by atoms with Crippen LogP contribution < -0.4 is 5.32 Å². The summed E-state index contributed by atoms with van der Waals surface area (Å²) in [5.74, 6) is 2.60. The fourth-order valence-electron chi connectivity index (χ4n) is 1.14. The van der Waals surface area contributed by atoms with Crippen molar-refractivity contribution in [2.24, 2.45) is 4.99 Å². The Kier molecular flexibility index (Phi) is 0.802. The Hall–Kier alpha value is -1.49. The van der Waals surface area contributed by atoms with E-state index in [0.29, 0.717) is 0 Å². The van der Waals surface area contributed by atoms with Crippen LogP contribution in [0, 0.1) is 12.3 Å². The average Bonchev–Trinajstić information content (AvgIpc) is 2.42. The van der Waals surface area contributed by atoms with Crippen molar-refractivity contribution in [1.82, 2.24) is 5.32 Å². The molecule has 2 heteroatoms. The highest BCUT2D eigenvalue weighted by molar-refractivity contribution is 5.80. The average molecular weight is 130 g/mol. The molecule has 2 heterocycles. The number of allylic oxidation sites excluding steroid dienone is 1. The highest BCUT2D eigenvalue weighted by Gasteiger charge is 2.34. The smallest absolute Gasteiger partial charge is 0.218 e. The topological polar surface area (TPSA) is 24.4 Å². The van der Waals surface area contributed by atoms with E-state index in [1.54, 1.807) is 6.21 Å². The van der Waals surface area contributed by atoms with Gasteiger partial charge in [-0.15, -0.1) is 6.42 Å². The van der Waals surface area contributed by atoms with Crippen LogP contribution in [0.5, 0.6) is 0 Å². The zero-order chi connectivity index (χ0) is 7.03. The molecule has 0 aromatic rings. The Bertz CT molecular complexity index is 291. The van der Waals surface area contributed by atoms with Gasteiger partial charge in [0.2, 0.25) is 5.66 Å². The SMILES string of the molecule is C#C[C@@]12N=CC=C1C=CN2. The van der Waals surface area contributed by atoms with E-state index in [1.165, 1.54) is 0 Å². The predicted octanol–water partition coefficient (Wildman–Crippen LogP) is 0.444. The second-order valence-electron chi connectivity index (χ2n) is 2.23. The first-order valence-corrected chi connectivity index (χ1v) is 3.05. The molecule has 0 saturated heterocycles. The van der Waals surface area contributed by atoms with Gasteiger partial charge < -0.3 is 5.32 Å². The van der Waals surface area contributed by atoms with E-state index in [9.17, 15) is 0 Å². The van der Waals surface area contributed by atoms with Crippen molar-refractivity contribution in [3.63, 3.8) is 0 Å². The number of terminal acetylenes is 1. The van der Waals surface area contributed by atoms with Gasteiger partial charge in [-0.1, -0.05) is 0 Å². The molecule has 10 heavy (non-hydrogen) atoms. The monoisotopic (exact) mass is 130 g/mol. The van der Waals surface area contributed by atoms with Gasteiger partial charge in [0, 0.05) is 18.0 Å². The van der Waals surface area contributed by atoms with Crippen LogP contribution in [0.3, 0.4) is 0 Å². The van der Waals surface area contributed by atoms with Gasteiger partial charge in [-0.2, -0.15) is 0 Å². The van der Waals surface area contributed by atoms with E-state index in [4.69, 9.17) is 6.42 Å². The standard InChI is InChI=1S/C8H6N2/c1-2-8-7(3-5-9-8)4-6-10-8/h1,3-6,9H/t8-/m1/s1. The van der Waals surface area contributed by atoms with Crippen LogP contribution >= 0.6 is 0 Å². The number of hydrogen-bond acceptors (Lipinski definition) is 2. The number of aliphatic imine (C=N–C) groups is 1. The molecule has 0 amide bonds. The molecule has 0 radical (unpaired) electrons. The first-order chi connectivity index (χ1) is 4.87. The van der Waals surface area contributed by atoms with Crippen molar-refractivity contribution in [2.75, 3.05) is 0 Å². The molecule has 2 aliphatic rings. The Morgan fingerprint density at radius 2 is 2.60 bits per heavy atom. The summed E-state index contributed by atoms with van der Waals surface area (Å²) in [5.41, 5.74) is 0.495. The number of fused-ring (bicyclic) bond motifs is 1. The minimum Gasteiger partial charge on any atom is -0.354 e. The van der Waals surface area contributed by atoms with Crippen molar-refractivity contribution in [3.05, 3.63) is 23.9 Å². The molecular formula is C8H6N2. The molecule has 0 saturated carbocycles. The van der Waals surface area contributed by atoms with Crippen LogP contribution in [-0.4, -0.2) is 11.9 Å². The lowest BCUT2D eigenvalue weighted by Crippen LogP contribution is -2.34. The predicted molar refractivity (Wildman–Crippen MR) is 40.4 cm³/mol. The van der Waals surface area contributed by atoms with E-state index in [0.717, 1.165) is 5.57 Å². The molecule has 0 fully saturated rings. The molecule has 0 aromatic carbocycles. The van der Waals surface area contributed by atoms with Crippen LogP contribution in [0.4, 0.5) is 0 Å². The Labute approximate surface area is 59.3 Å². The third-order valence-electron chi connectivity index (χ3n) is 1.70. The summed E-state index contributed by atoms with van der Waals surface area (Å²) in [5, 5.41) is 3.00. The molecule has 2 rings (SSSR count). The quantitative estimate of drug-likeness (QED) is 0.473. The summed E-state index contributed by atoms with van der Waals surface area (Å²) in [4.78, 5) is 4.12. The number of rotatable bonds is 0. The van der Waals surface area contributed by atoms with Gasteiger partial charge in [0.1, 0.15) is 0 Å². The van der Waals surface area contributed by atoms with E-state index in [2.05, 4.69) is 16.2 Å². The van der Waals surface area contributed by atoms with Crippen LogP contribution in [0.1, 0.15) is 0 Å². The van der Waals surface area contributed by atoms with Crippen LogP contribution in [0.2, 0.25) is 0 Å². The zero-order valence-electron chi connectivity index (χ0n) is 5.33. The summed E-state index contributed by atoms with van der Waals surface area (Å²) >= 11 is 0. The normalized spacial score (nSPS) is 32.9. The van der Waals surface area contributed by atoms with Crippen LogP contribution in [0.15, 0.2) is 28.9 Å². The minimum atomic E-state index is -0.556. The lowest BCUT2D eigenvalue weighted by atomic mass is 10.1. The van der Waals surface area contributed by atoms with Crippen molar-refractivity contribution in [3.8, 4) is 12.3 Å². The molecule has 0 spiro atoms. The second-order valence-corrected chi connectivity index (χ2v) is 2.23. The van der Waals surface area contributed by atoms with Gasteiger partial charge in [-0.3, -0.25) is 0 Å². The molecular weight excluding hydrogens is 124 g/mol. The lowest BCUT2D eigenvalue weighted by molar-refractivity contribution is 0.626. The van der Waals surface area contributed by atoms with Crippen LogP contribution in [0.25, 0.3) is 0 Å². The molecule has 0 aromatic heterocycles. The molecule has 0 bridgehead atoms. The molecule has 0 unspecified atom stereocenters. The van der Waals surface area contributed by atoms with E-state index < -0.39 is 5.66 Å². The number of nitrogens with one attached hydrogen (secondary N) is 1. The fourth-order valence-corrected chi connectivity index (χ4v) is 1.14. The molecule has 1 N–H and O–H groups in total. The van der Waals surface area contributed by atoms with Gasteiger partial charge in [0.15, 0.2) is 0 Å². The zero-order valence-corrected chi connectivity index (χ0v) is 5.33. The minimum absolute atomic E-state index is 0.556. The first-order valence-electron chi connectivity index (χ1n) is 3.05. The highest BCUT2D eigenvalue weighted by atomic mass is 15.1. The lowest BCUT2D eigenvalue weighted by Gasteiger charge is -2.16. The molecule has 2 aliphatic heterocycles. The Morgan fingerprint density at radius 1 is 1.70 bits per heavy atom. The summed E-state index contributed by atoms with van der Waals surface area (Å²) < 4.78 is 0.